The van der Waals surface area contributed by atoms with Crippen molar-refractivity contribution in [2.75, 3.05) is 26.3 Å². The molecule has 0 saturated carbocycles. The van der Waals surface area contributed by atoms with Gasteiger partial charge in [-0.05, 0) is 36.5 Å². The highest BCUT2D eigenvalue weighted by Gasteiger charge is 2.18. The van der Waals surface area contributed by atoms with Gasteiger partial charge in [-0.15, -0.1) is 5.10 Å². The Labute approximate surface area is 144 Å². The number of rotatable bonds is 4. The zero-order valence-corrected chi connectivity index (χ0v) is 14.0. The Hall–Kier alpha value is -2.22. The van der Waals surface area contributed by atoms with Gasteiger partial charge in [-0.25, -0.2) is 4.68 Å². The highest BCUT2D eigenvalue weighted by Crippen LogP contribution is 2.23. The standard InChI is InChI=1S/C17H18N4O2S/c24-17-20(13-19-8-11-22-12-9-19)18-16(15-7-4-10-23-15)21(17)14-5-2-1-3-6-14/h1-7,10H,8-9,11-13H2. The number of nitrogens with zero attached hydrogens (tertiary/aromatic N) is 4. The summed E-state index contributed by atoms with van der Waals surface area (Å²) in [5.74, 6) is 1.41. The molecule has 0 spiro atoms. The third-order valence-corrected chi connectivity index (χ3v) is 4.43. The summed E-state index contributed by atoms with van der Waals surface area (Å²) >= 11 is 5.70. The Morgan fingerprint density at radius 2 is 1.83 bits per heavy atom. The van der Waals surface area contributed by atoms with Gasteiger partial charge >= 0.3 is 0 Å². The van der Waals surface area contributed by atoms with Crippen LogP contribution in [0.15, 0.2) is 53.1 Å². The van der Waals surface area contributed by atoms with Crippen molar-refractivity contribution >= 4 is 12.2 Å². The van der Waals surface area contributed by atoms with E-state index < -0.39 is 0 Å². The van der Waals surface area contributed by atoms with Crippen LogP contribution < -0.4 is 0 Å². The zero-order valence-electron chi connectivity index (χ0n) is 13.2. The van der Waals surface area contributed by atoms with E-state index in [2.05, 4.69) is 4.90 Å². The average Bonchev–Trinajstić information content (AvgIpc) is 3.26. The van der Waals surface area contributed by atoms with Gasteiger partial charge in [-0.2, -0.15) is 0 Å². The monoisotopic (exact) mass is 342 g/mol. The molecular formula is C17H18N4O2S. The lowest BCUT2D eigenvalue weighted by atomic mass is 10.3. The van der Waals surface area contributed by atoms with Crippen LogP contribution in [0.3, 0.4) is 0 Å². The molecule has 1 saturated heterocycles. The fourth-order valence-electron chi connectivity index (χ4n) is 2.81. The highest BCUT2D eigenvalue weighted by molar-refractivity contribution is 7.71. The molecule has 1 fully saturated rings. The SMILES string of the molecule is S=c1n(CN2CCOCC2)nc(-c2ccco2)n1-c1ccccc1. The van der Waals surface area contributed by atoms with Crippen LogP contribution in [0.25, 0.3) is 17.3 Å². The summed E-state index contributed by atoms with van der Waals surface area (Å²) in [6.07, 6.45) is 1.65. The summed E-state index contributed by atoms with van der Waals surface area (Å²) in [5, 5.41) is 4.72. The van der Waals surface area contributed by atoms with Crippen LogP contribution in [-0.2, 0) is 11.4 Å². The van der Waals surface area contributed by atoms with E-state index in [9.17, 15) is 0 Å². The lowest BCUT2D eigenvalue weighted by Gasteiger charge is -2.26. The normalized spacial score (nSPS) is 15.7. The average molecular weight is 342 g/mol. The van der Waals surface area contributed by atoms with Crippen LogP contribution in [0.4, 0.5) is 0 Å². The molecule has 3 aromatic rings. The molecule has 7 heteroatoms. The summed E-state index contributed by atoms with van der Waals surface area (Å²) in [7, 11) is 0. The van der Waals surface area contributed by atoms with Gasteiger partial charge in [0.2, 0.25) is 10.6 Å². The minimum absolute atomic E-state index is 0.649. The molecule has 0 bridgehead atoms. The Morgan fingerprint density at radius 1 is 1.04 bits per heavy atom. The zero-order chi connectivity index (χ0) is 16.4. The second-order valence-electron chi connectivity index (χ2n) is 5.63. The molecule has 1 aliphatic heterocycles. The van der Waals surface area contributed by atoms with Crippen molar-refractivity contribution in [2.45, 2.75) is 6.67 Å². The van der Waals surface area contributed by atoms with Gasteiger partial charge in [-0.3, -0.25) is 9.47 Å². The van der Waals surface area contributed by atoms with E-state index in [0.717, 1.165) is 32.0 Å². The largest absolute Gasteiger partial charge is 0.461 e. The smallest absolute Gasteiger partial charge is 0.204 e. The maximum absolute atomic E-state index is 5.70. The Bertz CT molecular complexity index is 849. The number of ether oxygens (including phenoxy) is 1. The minimum atomic E-state index is 0.649. The number of morpholine rings is 1. The van der Waals surface area contributed by atoms with Crippen LogP contribution >= 0.6 is 12.2 Å². The van der Waals surface area contributed by atoms with Gasteiger partial charge < -0.3 is 9.15 Å². The predicted molar refractivity (Wildman–Crippen MR) is 92.5 cm³/mol. The topological polar surface area (TPSA) is 48.4 Å². The number of hydrogen-bond acceptors (Lipinski definition) is 5. The fraction of sp³-hybridized carbons (Fsp3) is 0.294. The number of furan rings is 1. The van der Waals surface area contributed by atoms with Crippen LogP contribution in [0.1, 0.15) is 0 Å². The molecule has 6 nitrogen and oxygen atoms in total. The third kappa shape index (κ3) is 2.93. The maximum Gasteiger partial charge on any atom is 0.204 e. The maximum atomic E-state index is 5.70. The van der Waals surface area contributed by atoms with E-state index in [4.69, 9.17) is 26.5 Å². The summed E-state index contributed by atoms with van der Waals surface area (Å²) in [6, 6.07) is 13.7. The van der Waals surface area contributed by atoms with Gasteiger partial charge in [0.15, 0.2) is 5.76 Å². The quantitative estimate of drug-likeness (QED) is 0.682. The number of aromatic nitrogens is 3. The van der Waals surface area contributed by atoms with E-state index in [1.54, 1.807) is 6.26 Å². The summed E-state index contributed by atoms with van der Waals surface area (Å²) < 4.78 is 15.4. The number of hydrogen-bond donors (Lipinski definition) is 0. The van der Waals surface area contributed by atoms with E-state index in [-0.39, 0.29) is 0 Å². The molecule has 24 heavy (non-hydrogen) atoms. The lowest BCUT2D eigenvalue weighted by molar-refractivity contribution is 0.0210. The van der Waals surface area contributed by atoms with E-state index in [1.807, 2.05) is 51.7 Å². The fourth-order valence-corrected chi connectivity index (χ4v) is 3.10. The molecule has 4 rings (SSSR count). The first-order valence-electron chi connectivity index (χ1n) is 7.92. The van der Waals surface area contributed by atoms with Crippen molar-refractivity contribution in [3.8, 4) is 17.3 Å². The second-order valence-corrected chi connectivity index (χ2v) is 5.99. The second kappa shape index (κ2) is 6.72. The molecule has 0 N–H and O–H groups in total. The highest BCUT2D eigenvalue weighted by atomic mass is 32.1. The summed E-state index contributed by atoms with van der Waals surface area (Å²) in [4.78, 5) is 2.29. The predicted octanol–water partition coefficient (Wildman–Crippen LogP) is 2.95. The molecule has 2 aromatic heterocycles. The first kappa shape index (κ1) is 15.3. The van der Waals surface area contributed by atoms with E-state index in [0.29, 0.717) is 23.0 Å². The van der Waals surface area contributed by atoms with Crippen molar-refractivity contribution in [1.82, 2.24) is 19.2 Å². The third-order valence-electron chi connectivity index (χ3n) is 4.03. The first-order valence-corrected chi connectivity index (χ1v) is 8.33. The molecule has 0 amide bonds. The van der Waals surface area contributed by atoms with Crippen LogP contribution in [0.5, 0.6) is 0 Å². The summed E-state index contributed by atoms with van der Waals surface area (Å²) in [5.41, 5.74) is 0.974. The van der Waals surface area contributed by atoms with Gasteiger partial charge in [0, 0.05) is 13.1 Å². The number of benzene rings is 1. The van der Waals surface area contributed by atoms with Gasteiger partial charge in [0.1, 0.15) is 0 Å². The Balaban J connectivity index is 1.77. The number of para-hydroxylation sites is 1. The van der Waals surface area contributed by atoms with Crippen LogP contribution in [0.2, 0.25) is 0 Å². The van der Waals surface area contributed by atoms with Crippen LogP contribution in [0, 0.1) is 4.77 Å². The van der Waals surface area contributed by atoms with Crippen molar-refractivity contribution < 1.29 is 9.15 Å². The molecule has 0 radical (unpaired) electrons. The minimum Gasteiger partial charge on any atom is -0.461 e. The first-order chi connectivity index (χ1) is 11.8. The summed E-state index contributed by atoms with van der Waals surface area (Å²) in [6.45, 7) is 3.91. The van der Waals surface area contributed by atoms with Crippen molar-refractivity contribution in [3.63, 3.8) is 0 Å². The van der Waals surface area contributed by atoms with Crippen molar-refractivity contribution in [2.24, 2.45) is 0 Å². The lowest BCUT2D eigenvalue weighted by Crippen LogP contribution is -2.37. The van der Waals surface area contributed by atoms with E-state index >= 15 is 0 Å². The molecule has 1 aromatic carbocycles. The van der Waals surface area contributed by atoms with E-state index in [1.165, 1.54) is 0 Å². The van der Waals surface area contributed by atoms with Crippen LogP contribution in [-0.4, -0.2) is 45.6 Å². The van der Waals surface area contributed by atoms with Crippen molar-refractivity contribution in [3.05, 3.63) is 53.5 Å². The molecule has 0 aliphatic carbocycles. The molecule has 1 aliphatic rings. The van der Waals surface area contributed by atoms with Gasteiger partial charge in [0.05, 0.1) is 31.8 Å². The molecule has 0 unspecified atom stereocenters. The Morgan fingerprint density at radius 3 is 2.54 bits per heavy atom. The van der Waals surface area contributed by atoms with Gasteiger partial charge in [0.25, 0.3) is 0 Å². The Kier molecular flexibility index (Phi) is 4.29. The molecule has 0 atom stereocenters. The molecular weight excluding hydrogens is 324 g/mol. The molecule has 3 heterocycles. The van der Waals surface area contributed by atoms with Crippen molar-refractivity contribution in [1.29, 1.82) is 0 Å². The molecule has 124 valence electrons. The van der Waals surface area contributed by atoms with Gasteiger partial charge in [-0.1, -0.05) is 18.2 Å².